The fraction of sp³-hybridized carbons (Fsp3) is 0.259. The van der Waals surface area contributed by atoms with Crippen LogP contribution >= 0.6 is 11.3 Å². The molecule has 0 aliphatic carbocycles. The van der Waals surface area contributed by atoms with Crippen molar-refractivity contribution in [3.05, 3.63) is 71.2 Å². The molecule has 0 bridgehead atoms. The number of aromatic nitrogens is 3. The summed E-state index contributed by atoms with van der Waals surface area (Å²) in [5.74, 6) is 2.26. The van der Waals surface area contributed by atoms with Crippen molar-refractivity contribution in [3.8, 4) is 33.3 Å². The summed E-state index contributed by atoms with van der Waals surface area (Å²) in [6, 6.07) is 19.4. The number of carbonyl (C=O) groups is 1. The molecular weight excluding hydrogens is 474 g/mol. The number of hydrogen-bond donors (Lipinski definition) is 0. The van der Waals surface area contributed by atoms with Gasteiger partial charge in [0.1, 0.15) is 21.4 Å². The third-order valence-electron chi connectivity index (χ3n) is 6.24. The summed E-state index contributed by atoms with van der Waals surface area (Å²) in [4.78, 5) is 22.6. The van der Waals surface area contributed by atoms with Gasteiger partial charge in [0.15, 0.2) is 5.82 Å². The quantitative estimate of drug-likeness (QED) is 0.383. The second kappa shape index (κ2) is 10.3. The van der Waals surface area contributed by atoms with Crippen molar-refractivity contribution in [2.24, 2.45) is 0 Å². The predicted molar refractivity (Wildman–Crippen MR) is 141 cm³/mol. The number of benzene rings is 2. The first-order valence-corrected chi connectivity index (χ1v) is 12.5. The number of carbonyl (C=O) groups excluding carboxylic acids is 1. The Balaban J connectivity index is 1.25. The Bertz CT molecular complexity index is 1350. The van der Waals surface area contributed by atoms with Gasteiger partial charge >= 0.3 is 0 Å². The van der Waals surface area contributed by atoms with Crippen LogP contribution in [0.25, 0.3) is 21.8 Å². The molecule has 1 amide bonds. The van der Waals surface area contributed by atoms with Gasteiger partial charge in [0.25, 0.3) is 5.91 Å². The van der Waals surface area contributed by atoms with Crippen LogP contribution in [0, 0.1) is 6.92 Å². The Labute approximate surface area is 214 Å². The van der Waals surface area contributed by atoms with E-state index in [0.717, 1.165) is 33.4 Å². The van der Waals surface area contributed by atoms with E-state index in [4.69, 9.17) is 9.47 Å². The van der Waals surface area contributed by atoms with E-state index in [9.17, 15) is 4.79 Å². The normalized spacial score (nSPS) is 13.5. The largest absolute Gasteiger partial charge is 0.497 e. The number of ether oxygens (including phenoxy) is 2. The second-order valence-electron chi connectivity index (χ2n) is 8.42. The van der Waals surface area contributed by atoms with Gasteiger partial charge in [-0.1, -0.05) is 30.3 Å². The summed E-state index contributed by atoms with van der Waals surface area (Å²) in [5.41, 5.74) is 3.34. The molecule has 184 valence electrons. The van der Waals surface area contributed by atoms with Crippen molar-refractivity contribution in [2.45, 2.75) is 6.92 Å². The summed E-state index contributed by atoms with van der Waals surface area (Å²) in [6.07, 6.45) is 0. The van der Waals surface area contributed by atoms with Gasteiger partial charge in [-0.2, -0.15) is 0 Å². The molecule has 0 atom stereocenters. The van der Waals surface area contributed by atoms with Gasteiger partial charge in [-0.15, -0.1) is 21.5 Å². The van der Waals surface area contributed by atoms with E-state index in [1.165, 1.54) is 11.3 Å². The Hall–Kier alpha value is -3.98. The molecule has 5 rings (SSSR count). The molecule has 0 radical (unpaired) electrons. The Kier molecular flexibility index (Phi) is 6.81. The first-order valence-electron chi connectivity index (χ1n) is 11.7. The SMILES string of the molecule is COc1ccc(OC)c(-c2ccc(N3CCN(C(=O)c4sc(-c5ccccc5)nc4C)CC3)nn2)c1. The number of piperazine rings is 1. The summed E-state index contributed by atoms with van der Waals surface area (Å²) in [5, 5.41) is 9.77. The van der Waals surface area contributed by atoms with Crippen LogP contribution in [0.15, 0.2) is 60.7 Å². The van der Waals surface area contributed by atoms with E-state index in [1.807, 2.05) is 72.5 Å². The molecule has 0 saturated carbocycles. The van der Waals surface area contributed by atoms with Crippen molar-refractivity contribution in [1.82, 2.24) is 20.1 Å². The van der Waals surface area contributed by atoms with Gasteiger partial charge in [-0.3, -0.25) is 4.79 Å². The minimum absolute atomic E-state index is 0.0402. The molecule has 1 aliphatic rings. The van der Waals surface area contributed by atoms with E-state index < -0.39 is 0 Å². The monoisotopic (exact) mass is 501 g/mol. The number of aryl methyl sites for hydroxylation is 1. The smallest absolute Gasteiger partial charge is 0.265 e. The summed E-state index contributed by atoms with van der Waals surface area (Å²) in [6.45, 7) is 4.51. The van der Waals surface area contributed by atoms with Crippen molar-refractivity contribution in [1.29, 1.82) is 0 Å². The summed E-state index contributed by atoms with van der Waals surface area (Å²) >= 11 is 1.46. The molecule has 0 unspecified atom stereocenters. The molecule has 8 nitrogen and oxygen atoms in total. The number of thiazole rings is 1. The zero-order chi connectivity index (χ0) is 25.1. The van der Waals surface area contributed by atoms with E-state index in [2.05, 4.69) is 20.1 Å². The van der Waals surface area contributed by atoms with Crippen molar-refractivity contribution >= 4 is 23.1 Å². The lowest BCUT2D eigenvalue weighted by Crippen LogP contribution is -2.49. The van der Waals surface area contributed by atoms with Crippen LogP contribution in [0.3, 0.4) is 0 Å². The molecular formula is C27H27N5O3S. The highest BCUT2D eigenvalue weighted by Crippen LogP contribution is 2.33. The van der Waals surface area contributed by atoms with Crippen molar-refractivity contribution in [3.63, 3.8) is 0 Å². The predicted octanol–water partition coefficient (Wildman–Crippen LogP) is 4.56. The van der Waals surface area contributed by atoms with Gasteiger partial charge in [0, 0.05) is 37.3 Å². The zero-order valence-corrected chi connectivity index (χ0v) is 21.3. The Morgan fingerprint density at radius 3 is 2.36 bits per heavy atom. The first-order chi connectivity index (χ1) is 17.6. The van der Waals surface area contributed by atoms with Crippen LogP contribution in [-0.4, -0.2) is 66.4 Å². The van der Waals surface area contributed by atoms with Crippen LogP contribution < -0.4 is 14.4 Å². The highest BCUT2D eigenvalue weighted by molar-refractivity contribution is 7.17. The third-order valence-corrected chi connectivity index (χ3v) is 7.43. The van der Waals surface area contributed by atoms with E-state index >= 15 is 0 Å². The van der Waals surface area contributed by atoms with Gasteiger partial charge in [0.05, 0.1) is 25.6 Å². The average molecular weight is 502 g/mol. The number of nitrogens with zero attached hydrogens (tertiary/aromatic N) is 5. The maximum absolute atomic E-state index is 13.3. The number of rotatable bonds is 6. The van der Waals surface area contributed by atoms with Crippen molar-refractivity contribution in [2.75, 3.05) is 45.3 Å². The van der Waals surface area contributed by atoms with Crippen LogP contribution in [0.5, 0.6) is 11.5 Å². The molecule has 9 heteroatoms. The molecule has 1 fully saturated rings. The summed E-state index contributed by atoms with van der Waals surface area (Å²) < 4.78 is 10.8. The minimum atomic E-state index is 0.0402. The first kappa shape index (κ1) is 23.7. The van der Waals surface area contributed by atoms with Crippen LogP contribution in [0.1, 0.15) is 15.4 Å². The van der Waals surface area contributed by atoms with E-state index in [0.29, 0.717) is 42.5 Å². The minimum Gasteiger partial charge on any atom is -0.497 e. The zero-order valence-electron chi connectivity index (χ0n) is 20.5. The molecule has 2 aromatic carbocycles. The lowest BCUT2D eigenvalue weighted by atomic mass is 10.1. The lowest BCUT2D eigenvalue weighted by Gasteiger charge is -2.35. The molecule has 1 aliphatic heterocycles. The molecule has 0 N–H and O–H groups in total. The van der Waals surface area contributed by atoms with Gasteiger partial charge in [-0.05, 0) is 37.3 Å². The maximum atomic E-state index is 13.3. The van der Waals surface area contributed by atoms with Crippen LogP contribution in [0.2, 0.25) is 0 Å². The average Bonchev–Trinajstić information content (AvgIpc) is 3.34. The molecule has 36 heavy (non-hydrogen) atoms. The molecule has 0 spiro atoms. The third kappa shape index (κ3) is 4.74. The molecule has 1 saturated heterocycles. The van der Waals surface area contributed by atoms with E-state index in [1.54, 1.807) is 14.2 Å². The fourth-order valence-electron chi connectivity index (χ4n) is 4.23. The highest BCUT2D eigenvalue weighted by atomic mass is 32.1. The molecule has 3 heterocycles. The second-order valence-corrected chi connectivity index (χ2v) is 9.42. The number of methoxy groups -OCH3 is 2. The van der Waals surface area contributed by atoms with Gasteiger partial charge in [0.2, 0.25) is 0 Å². The lowest BCUT2D eigenvalue weighted by molar-refractivity contribution is 0.0750. The highest BCUT2D eigenvalue weighted by Gasteiger charge is 2.26. The summed E-state index contributed by atoms with van der Waals surface area (Å²) in [7, 11) is 3.26. The van der Waals surface area contributed by atoms with E-state index in [-0.39, 0.29) is 5.91 Å². The Morgan fingerprint density at radius 1 is 0.917 bits per heavy atom. The molecule has 2 aromatic heterocycles. The number of hydrogen-bond acceptors (Lipinski definition) is 8. The number of anilines is 1. The fourth-order valence-corrected chi connectivity index (χ4v) is 5.27. The Morgan fingerprint density at radius 2 is 1.69 bits per heavy atom. The molecule has 4 aromatic rings. The topological polar surface area (TPSA) is 80.7 Å². The van der Waals surface area contributed by atoms with Crippen molar-refractivity contribution < 1.29 is 14.3 Å². The number of amides is 1. The van der Waals surface area contributed by atoms with Crippen LogP contribution in [-0.2, 0) is 0 Å². The standard InChI is InChI=1S/C27H27N5O3S/c1-18-25(36-26(28-18)19-7-5-4-6-8-19)27(33)32-15-13-31(14-16-32)24-12-10-22(29-30-24)21-17-20(34-2)9-11-23(21)35-3/h4-12,17H,13-16H2,1-3H3. The van der Waals surface area contributed by atoms with Gasteiger partial charge < -0.3 is 19.3 Å². The maximum Gasteiger partial charge on any atom is 0.265 e. The van der Waals surface area contributed by atoms with Gasteiger partial charge in [-0.25, -0.2) is 4.98 Å². The van der Waals surface area contributed by atoms with Crippen LogP contribution in [0.4, 0.5) is 5.82 Å².